The molecule has 0 radical (unpaired) electrons. The molecular formula is C82H84B2N2. The molecule has 0 amide bonds. The van der Waals surface area contributed by atoms with Gasteiger partial charge >= 0.3 is 0 Å². The molecule has 2 nitrogen and oxygen atoms in total. The molecule has 0 unspecified atom stereocenters. The normalized spacial score (nSPS) is 13.4. The zero-order chi connectivity index (χ0) is 60.8. The number of anilines is 3. The molecule has 2 aliphatic rings. The quantitative estimate of drug-likeness (QED) is 0.151. The van der Waals surface area contributed by atoms with Crippen molar-refractivity contribution in [2.24, 2.45) is 0 Å². The van der Waals surface area contributed by atoms with Gasteiger partial charge < -0.3 is 9.47 Å². The van der Waals surface area contributed by atoms with E-state index in [2.05, 4.69) is 316 Å². The average molecular weight is 1120 g/mol. The van der Waals surface area contributed by atoms with Gasteiger partial charge in [-0.05, 0) is 184 Å². The molecule has 1 aromatic heterocycles. The highest BCUT2D eigenvalue weighted by Gasteiger charge is 2.46. The monoisotopic (exact) mass is 1120 g/mol. The smallest absolute Gasteiger partial charge is 0.247 e. The third kappa shape index (κ3) is 9.58. The summed E-state index contributed by atoms with van der Waals surface area (Å²) in [5.41, 5.74) is 36.0. The summed E-state index contributed by atoms with van der Waals surface area (Å²) in [6.07, 6.45) is 0. The Kier molecular flexibility index (Phi) is 13.4. The van der Waals surface area contributed by atoms with E-state index in [-0.39, 0.29) is 35.1 Å². The summed E-state index contributed by atoms with van der Waals surface area (Å²) in [7, 11) is 0. The summed E-state index contributed by atoms with van der Waals surface area (Å²) in [4.78, 5) is 2.69. The van der Waals surface area contributed by atoms with Gasteiger partial charge in [0.25, 0.3) is 0 Å². The number of hydrogen-bond acceptors (Lipinski definition) is 1. The van der Waals surface area contributed by atoms with Crippen LogP contribution in [0.2, 0.25) is 0 Å². The average Bonchev–Trinajstić information content (AvgIpc) is 0.900. The standard InChI is InChI=1S/C82H84B2N2/c1-49-38-51(3)75(52(4)39-49)83-68-45-62(81(13,14)15)34-36-73(68)86-74-37-35-63(82(16,17)18)46-69(74)84(76-53(5)40-50(2)41-54(76)6)71-48-64(47-70(83)78(71)86)85-72-25-20-19-22-66(72)67-24-21-23-65(77(67)85)59-43-57(55-26-30-60(31-27-55)79(7,8)9)42-58(44-59)56-28-32-61(33-29-56)80(10,11)12/h19-48H,1-18H3. The van der Waals surface area contributed by atoms with E-state index >= 15 is 0 Å². The summed E-state index contributed by atoms with van der Waals surface area (Å²) >= 11 is 0. The van der Waals surface area contributed by atoms with E-state index in [0.717, 1.165) is 0 Å². The van der Waals surface area contributed by atoms with E-state index in [4.69, 9.17) is 0 Å². The highest BCUT2D eigenvalue weighted by molar-refractivity contribution is 7.02. The van der Waals surface area contributed by atoms with Gasteiger partial charge in [-0.25, -0.2) is 0 Å². The number of aromatic nitrogens is 1. The second kappa shape index (κ2) is 20.3. The number of hydrogen-bond donors (Lipinski definition) is 0. The fourth-order valence-corrected chi connectivity index (χ4v) is 15.0. The molecule has 0 saturated heterocycles. The first-order valence-corrected chi connectivity index (χ1v) is 31.5. The Hall–Kier alpha value is -8.07. The molecular weight excluding hydrogens is 1030 g/mol. The molecule has 4 heteroatoms. The van der Waals surface area contributed by atoms with Crippen LogP contribution in [-0.2, 0) is 21.7 Å². The molecule has 0 saturated carbocycles. The summed E-state index contributed by atoms with van der Waals surface area (Å²) in [5, 5.41) is 2.49. The zero-order valence-electron chi connectivity index (χ0n) is 54.4. The molecule has 13 rings (SSSR count). The second-order valence-electron chi connectivity index (χ2n) is 29.9. The maximum Gasteiger partial charge on any atom is 0.247 e. The number of rotatable bonds is 6. The topological polar surface area (TPSA) is 8.17 Å². The molecule has 0 fully saturated rings. The van der Waals surface area contributed by atoms with E-state index in [9.17, 15) is 0 Å². The number of benzene rings is 10. The van der Waals surface area contributed by atoms with Crippen molar-refractivity contribution in [3.63, 3.8) is 0 Å². The molecule has 11 aromatic rings. The first kappa shape index (κ1) is 57.0. The number of para-hydroxylation sites is 2. The van der Waals surface area contributed by atoms with Gasteiger partial charge in [-0.2, -0.15) is 0 Å². The third-order valence-electron chi connectivity index (χ3n) is 19.3. The van der Waals surface area contributed by atoms with Crippen LogP contribution in [0, 0.1) is 41.5 Å². The molecule has 428 valence electrons. The van der Waals surface area contributed by atoms with Crippen molar-refractivity contribution in [1.82, 2.24) is 4.57 Å². The van der Waals surface area contributed by atoms with Crippen LogP contribution in [-0.4, -0.2) is 18.0 Å². The van der Waals surface area contributed by atoms with Gasteiger partial charge in [-0.1, -0.05) is 261 Å². The highest BCUT2D eigenvalue weighted by atomic mass is 15.2. The predicted octanol–water partition coefficient (Wildman–Crippen LogP) is 18.0. The van der Waals surface area contributed by atoms with Crippen LogP contribution in [0.25, 0.3) is 60.9 Å². The summed E-state index contributed by atoms with van der Waals surface area (Å²) < 4.78 is 2.66. The van der Waals surface area contributed by atoms with E-state index in [0.29, 0.717) is 0 Å². The Morgan fingerprint density at radius 3 is 1.15 bits per heavy atom. The first-order valence-electron chi connectivity index (χ1n) is 31.5. The predicted molar refractivity (Wildman–Crippen MR) is 377 cm³/mol. The Bertz CT molecular complexity index is 4290. The lowest BCUT2D eigenvalue weighted by atomic mass is 9.29. The lowest BCUT2D eigenvalue weighted by molar-refractivity contribution is 0.590. The van der Waals surface area contributed by atoms with Crippen LogP contribution in [0.1, 0.15) is 139 Å². The second-order valence-corrected chi connectivity index (χ2v) is 29.9. The van der Waals surface area contributed by atoms with Gasteiger partial charge in [-0.3, -0.25) is 0 Å². The van der Waals surface area contributed by atoms with Gasteiger partial charge in [0.05, 0.1) is 11.0 Å². The van der Waals surface area contributed by atoms with Crippen molar-refractivity contribution in [3.8, 4) is 39.1 Å². The van der Waals surface area contributed by atoms with Crippen molar-refractivity contribution >= 4 is 85.1 Å². The summed E-state index contributed by atoms with van der Waals surface area (Å²) in [5.74, 6) is 0. The van der Waals surface area contributed by atoms with Crippen molar-refractivity contribution in [2.75, 3.05) is 4.90 Å². The molecule has 0 aliphatic carbocycles. The van der Waals surface area contributed by atoms with Crippen molar-refractivity contribution < 1.29 is 0 Å². The molecule has 3 heterocycles. The summed E-state index contributed by atoms with van der Waals surface area (Å²) in [6.45, 7) is 41.8. The van der Waals surface area contributed by atoms with Crippen LogP contribution < -0.4 is 37.7 Å². The largest absolute Gasteiger partial charge is 0.313 e. The fourth-order valence-electron chi connectivity index (χ4n) is 15.0. The lowest BCUT2D eigenvalue weighted by Crippen LogP contribution is -2.66. The van der Waals surface area contributed by atoms with Gasteiger partial charge in [0.2, 0.25) is 13.4 Å². The maximum absolute atomic E-state index is 2.69. The van der Waals surface area contributed by atoms with Gasteiger partial charge in [0.1, 0.15) is 0 Å². The number of aryl methyl sites for hydroxylation is 6. The first-order chi connectivity index (χ1) is 40.6. The van der Waals surface area contributed by atoms with Gasteiger partial charge in [-0.15, -0.1) is 0 Å². The number of fused-ring (bicyclic) bond motifs is 7. The molecule has 0 N–H and O–H groups in total. The molecule has 86 heavy (non-hydrogen) atoms. The fraction of sp³-hybridized carbons (Fsp3) is 0.268. The Morgan fingerprint density at radius 2 is 0.721 bits per heavy atom. The van der Waals surface area contributed by atoms with Crippen molar-refractivity contribution in [2.45, 2.75) is 146 Å². The van der Waals surface area contributed by atoms with Crippen molar-refractivity contribution in [3.05, 3.63) is 238 Å². The minimum absolute atomic E-state index is 0.0456. The Balaban J connectivity index is 1.17. The minimum Gasteiger partial charge on any atom is -0.313 e. The minimum atomic E-state index is -0.0699. The van der Waals surface area contributed by atoms with Crippen LogP contribution >= 0.6 is 0 Å². The van der Waals surface area contributed by atoms with Crippen molar-refractivity contribution in [1.29, 1.82) is 0 Å². The van der Waals surface area contributed by atoms with Crippen LogP contribution in [0.5, 0.6) is 0 Å². The molecule has 0 bridgehead atoms. The van der Waals surface area contributed by atoms with Gasteiger partial charge in [0, 0.05) is 39.1 Å². The van der Waals surface area contributed by atoms with Gasteiger partial charge in [0.15, 0.2) is 0 Å². The van der Waals surface area contributed by atoms with Crippen LogP contribution in [0.15, 0.2) is 182 Å². The van der Waals surface area contributed by atoms with Crippen LogP contribution in [0.3, 0.4) is 0 Å². The third-order valence-corrected chi connectivity index (χ3v) is 19.3. The highest BCUT2D eigenvalue weighted by Crippen LogP contribution is 2.45. The molecule has 0 atom stereocenters. The van der Waals surface area contributed by atoms with E-state index in [1.165, 1.54) is 166 Å². The molecule has 10 aromatic carbocycles. The van der Waals surface area contributed by atoms with E-state index in [1.54, 1.807) is 0 Å². The SMILES string of the molecule is Cc1cc(C)c(B2c3cc(C(C)(C)C)ccc3N3c4ccc(C(C)(C)C)cc4B(c4c(C)cc(C)cc4C)c4cc(-n5c6ccccc6c6cccc(-c7cc(-c8ccc(C(C)(C)C)cc8)cc(-c8ccc(C(C)(C)C)cc8)c7)c65)cc2c43)c(C)c1. The van der Waals surface area contributed by atoms with Crippen LogP contribution in [0.4, 0.5) is 17.1 Å². The lowest BCUT2D eigenvalue weighted by Gasteiger charge is -2.45. The van der Waals surface area contributed by atoms with E-state index in [1.807, 2.05) is 0 Å². The Labute approximate surface area is 514 Å². The summed E-state index contributed by atoms with van der Waals surface area (Å²) in [6, 6.07) is 72.0. The maximum atomic E-state index is 2.69. The van der Waals surface area contributed by atoms with E-state index < -0.39 is 0 Å². The molecule has 0 spiro atoms. The number of nitrogens with zero attached hydrogens (tertiary/aromatic N) is 2. The Morgan fingerprint density at radius 1 is 0.326 bits per heavy atom. The molecule has 2 aliphatic heterocycles. The zero-order valence-corrected chi connectivity index (χ0v) is 54.4.